The molecule has 0 radical (unpaired) electrons. The molecule has 0 spiro atoms. The van der Waals surface area contributed by atoms with Crippen LogP contribution in [0.25, 0.3) is 0 Å². The molecule has 0 bridgehead atoms. The van der Waals surface area contributed by atoms with Crippen LogP contribution in [0, 0.1) is 6.92 Å². The van der Waals surface area contributed by atoms with Crippen molar-refractivity contribution in [1.82, 2.24) is 4.72 Å². The van der Waals surface area contributed by atoms with Gasteiger partial charge in [0.1, 0.15) is 0 Å². The molecular weight excluding hydrogens is 572 g/mol. The van der Waals surface area contributed by atoms with Crippen LogP contribution in [-0.4, -0.2) is 63.7 Å². The summed E-state index contributed by atoms with van der Waals surface area (Å²) < 4.78 is 38.0. The van der Waals surface area contributed by atoms with Gasteiger partial charge in [-0.2, -0.15) is 0 Å². The van der Waals surface area contributed by atoms with Crippen molar-refractivity contribution in [2.24, 2.45) is 0 Å². The van der Waals surface area contributed by atoms with Crippen LogP contribution in [0.3, 0.4) is 0 Å². The van der Waals surface area contributed by atoms with E-state index in [4.69, 9.17) is 7.89 Å². The zero-order valence-electron chi connectivity index (χ0n) is 15.3. The maximum atomic E-state index is 12.7. The van der Waals surface area contributed by atoms with Crippen LogP contribution in [0.4, 0.5) is 0 Å². The third kappa shape index (κ3) is 6.39. The summed E-state index contributed by atoms with van der Waals surface area (Å²) in [6.07, 6.45) is 8.42. The Morgan fingerprint density at radius 3 is 2.30 bits per heavy atom. The summed E-state index contributed by atoms with van der Waals surface area (Å²) in [5.74, 6) is -0.599. The number of carbonyl (C=O) groups excluding carboxylic acids is 1. The molecule has 2 heterocycles. The topological polar surface area (TPSA) is 81.7 Å². The Balaban J connectivity index is 1.68. The standard InChI is InChI=1S/C10H12NO5S.2C4H6.2In/c1-7-3-5-9(6-4-7)17(14,15)11-8(2)10(12)16-13;2*1-3-4-2;;/h3-6,8,11,13H,2H2,1H3;2*3-4H,1-2H2;;/q;;;;+1/p-1. The summed E-state index contributed by atoms with van der Waals surface area (Å²) in [5.41, 5.74) is 0.976. The molecule has 27 heavy (non-hydrogen) atoms. The SMILES string of the molecule is Cc1ccc(S(=O)(=O)NC([CH2][In]2[CH2]C=C[CH2]2)C(=O)O[O][In]2[CH2]C=C[CH2]2)cc1. The van der Waals surface area contributed by atoms with Crippen molar-refractivity contribution in [2.75, 3.05) is 0 Å². The Morgan fingerprint density at radius 2 is 1.67 bits per heavy atom. The molecule has 1 atom stereocenters. The number of nitrogens with one attached hydrogen (secondary N) is 1. The molecule has 1 aromatic carbocycles. The predicted octanol–water partition coefficient (Wildman–Crippen LogP) is 2.74. The minimum absolute atomic E-state index is 0.158. The van der Waals surface area contributed by atoms with Gasteiger partial charge in [-0.25, -0.2) is 0 Å². The van der Waals surface area contributed by atoms with Crippen molar-refractivity contribution in [3.63, 3.8) is 0 Å². The Bertz CT molecular complexity index is 807. The number of hydrogen-bond donors (Lipinski definition) is 1. The fourth-order valence-electron chi connectivity index (χ4n) is 3.21. The molecule has 0 aliphatic carbocycles. The van der Waals surface area contributed by atoms with E-state index in [0.29, 0.717) is 4.18 Å². The fraction of sp³-hybridized carbons (Fsp3) is 0.389. The van der Waals surface area contributed by atoms with Crippen LogP contribution in [0.15, 0.2) is 53.5 Å². The molecule has 2 aliphatic heterocycles. The third-order valence-electron chi connectivity index (χ3n) is 4.82. The number of benzene rings is 1. The van der Waals surface area contributed by atoms with Crippen LogP contribution in [0.2, 0.25) is 20.9 Å². The van der Waals surface area contributed by atoms with Crippen LogP contribution < -0.4 is 4.72 Å². The first kappa shape index (κ1) is 21.5. The van der Waals surface area contributed by atoms with Gasteiger partial charge in [-0.15, -0.1) is 0 Å². The van der Waals surface area contributed by atoms with Crippen LogP contribution in [0.5, 0.6) is 0 Å². The molecule has 0 saturated carbocycles. The van der Waals surface area contributed by atoms with E-state index in [0.717, 1.165) is 22.3 Å². The van der Waals surface area contributed by atoms with Gasteiger partial charge in [-0.1, -0.05) is 0 Å². The summed E-state index contributed by atoms with van der Waals surface area (Å²) in [5, 5.41) is 0. The molecule has 2 aliphatic rings. The van der Waals surface area contributed by atoms with Gasteiger partial charge in [0, 0.05) is 0 Å². The van der Waals surface area contributed by atoms with Gasteiger partial charge in [0.05, 0.1) is 0 Å². The molecule has 0 amide bonds. The van der Waals surface area contributed by atoms with E-state index in [9.17, 15) is 13.2 Å². The summed E-state index contributed by atoms with van der Waals surface area (Å²) in [6.45, 7) is 1.90. The first-order valence-electron chi connectivity index (χ1n) is 9.20. The average Bonchev–Trinajstić information content (AvgIpc) is 3.33. The van der Waals surface area contributed by atoms with E-state index in [1.54, 1.807) is 24.3 Å². The van der Waals surface area contributed by atoms with Crippen LogP contribution in [-0.2, 0) is 22.7 Å². The fourth-order valence-corrected chi connectivity index (χ4v) is 17.1. The summed E-state index contributed by atoms with van der Waals surface area (Å²) >= 11 is -4.24. The third-order valence-corrected chi connectivity index (χ3v) is 20.5. The quantitative estimate of drug-likeness (QED) is 0.284. The van der Waals surface area contributed by atoms with Gasteiger partial charge in [0.25, 0.3) is 0 Å². The summed E-state index contributed by atoms with van der Waals surface area (Å²) in [4.78, 5) is 17.9. The second-order valence-corrected chi connectivity index (χ2v) is 24.6. The summed E-state index contributed by atoms with van der Waals surface area (Å²) in [7, 11) is -3.79. The Kier molecular flexibility index (Phi) is 7.96. The first-order valence-corrected chi connectivity index (χ1v) is 23.7. The van der Waals surface area contributed by atoms with Crippen LogP contribution >= 0.6 is 0 Å². The first-order chi connectivity index (χ1) is 12.9. The predicted molar refractivity (Wildman–Crippen MR) is 106 cm³/mol. The minimum atomic E-state index is -3.79. The van der Waals surface area contributed by atoms with Crippen molar-refractivity contribution in [3.05, 3.63) is 54.1 Å². The van der Waals surface area contributed by atoms with Gasteiger partial charge in [0.15, 0.2) is 0 Å². The number of rotatable bonds is 8. The van der Waals surface area contributed by atoms with Crippen molar-refractivity contribution in [3.8, 4) is 0 Å². The average molecular weight is 595 g/mol. The molecule has 3 rings (SSSR count). The maximum absolute atomic E-state index is 12.7. The van der Waals surface area contributed by atoms with Gasteiger partial charge >= 0.3 is 178 Å². The Hall–Kier alpha value is -0.220. The molecule has 1 aromatic rings. The van der Waals surface area contributed by atoms with E-state index in [2.05, 4.69) is 29.0 Å². The number of allylic oxidation sites excluding steroid dienone is 4. The number of aryl methyl sites for hydroxylation is 1. The molecule has 142 valence electrons. The number of carbonyl (C=O) groups is 1. The molecular formula is C18H23In2NO5S. The van der Waals surface area contributed by atoms with E-state index in [1.165, 1.54) is 0 Å². The van der Waals surface area contributed by atoms with E-state index in [1.807, 2.05) is 6.92 Å². The second kappa shape index (κ2) is 10.0. The van der Waals surface area contributed by atoms with E-state index in [-0.39, 0.29) is 4.90 Å². The molecule has 6 nitrogen and oxygen atoms in total. The molecule has 1 unspecified atom stereocenters. The van der Waals surface area contributed by atoms with Crippen molar-refractivity contribution < 1.29 is 21.1 Å². The van der Waals surface area contributed by atoms with E-state index >= 15 is 0 Å². The monoisotopic (exact) mass is 595 g/mol. The molecule has 0 saturated heterocycles. The van der Waals surface area contributed by atoms with Crippen LogP contribution in [0.1, 0.15) is 5.56 Å². The Labute approximate surface area is 176 Å². The molecule has 1 N–H and O–H groups in total. The number of sulfonamides is 1. The normalized spacial score (nSPS) is 17.5. The molecule has 0 aromatic heterocycles. The van der Waals surface area contributed by atoms with E-state index < -0.39 is 65.3 Å². The zero-order chi connectivity index (χ0) is 19.3. The second-order valence-electron chi connectivity index (χ2n) is 7.09. The molecule has 9 heteroatoms. The van der Waals surface area contributed by atoms with Crippen molar-refractivity contribution in [1.29, 1.82) is 0 Å². The van der Waals surface area contributed by atoms with Gasteiger partial charge < -0.3 is 0 Å². The Morgan fingerprint density at radius 1 is 1.07 bits per heavy atom. The van der Waals surface area contributed by atoms with Gasteiger partial charge in [0.2, 0.25) is 0 Å². The number of hydrogen-bond acceptors (Lipinski definition) is 5. The van der Waals surface area contributed by atoms with Crippen molar-refractivity contribution >= 4 is 59.3 Å². The van der Waals surface area contributed by atoms with Gasteiger partial charge in [-0.05, 0) is 0 Å². The van der Waals surface area contributed by atoms with Crippen molar-refractivity contribution in [2.45, 2.75) is 38.7 Å². The summed E-state index contributed by atoms with van der Waals surface area (Å²) in [6, 6.07) is 5.73. The van der Waals surface area contributed by atoms with Gasteiger partial charge in [-0.3, -0.25) is 0 Å². The zero-order valence-corrected chi connectivity index (χ0v) is 22.7. The molecule has 0 fully saturated rings.